The fraction of sp³-hybridized carbons (Fsp3) is 0.167. The lowest BCUT2D eigenvalue weighted by Crippen LogP contribution is -2.25. The largest absolute Gasteiger partial charge is 0.446 e. The zero-order valence-corrected chi connectivity index (χ0v) is 17.8. The number of rotatable bonds is 4. The van der Waals surface area contributed by atoms with Gasteiger partial charge in [-0.05, 0) is 29.0 Å². The van der Waals surface area contributed by atoms with Gasteiger partial charge in [0.05, 0.1) is 5.56 Å². The van der Waals surface area contributed by atoms with Crippen molar-refractivity contribution >= 4 is 40.1 Å². The molecule has 0 unspecified atom stereocenters. The van der Waals surface area contributed by atoms with Crippen LogP contribution in [0.2, 0.25) is 0 Å². The van der Waals surface area contributed by atoms with E-state index in [-0.39, 0.29) is 23.5 Å². The van der Waals surface area contributed by atoms with Crippen LogP contribution >= 0.6 is 0 Å². The van der Waals surface area contributed by atoms with E-state index in [9.17, 15) is 14.4 Å². The molecule has 0 saturated carbocycles. The van der Waals surface area contributed by atoms with Crippen molar-refractivity contribution in [2.75, 3.05) is 5.32 Å². The number of anilines is 1. The third kappa shape index (κ3) is 4.15. The Labute approximate surface area is 184 Å². The summed E-state index contributed by atoms with van der Waals surface area (Å²) in [4.78, 5) is 35.5. The number of hydrogen-bond donors (Lipinski definition) is 1. The predicted octanol–water partition coefficient (Wildman–Crippen LogP) is 3.96. The fourth-order valence-corrected chi connectivity index (χ4v) is 3.57. The lowest BCUT2D eigenvalue weighted by Gasteiger charge is -2.20. The van der Waals surface area contributed by atoms with Gasteiger partial charge in [-0.1, -0.05) is 42.5 Å². The van der Waals surface area contributed by atoms with Gasteiger partial charge in [0.25, 0.3) is 0 Å². The Hall–Kier alpha value is -4.20. The summed E-state index contributed by atoms with van der Waals surface area (Å²) < 4.78 is 11.6. The van der Waals surface area contributed by atoms with Crippen LogP contribution < -0.4 is 10.1 Å². The number of nitrogens with zero attached hydrogens (tertiary/aromatic N) is 2. The molecule has 32 heavy (non-hydrogen) atoms. The molecule has 1 N–H and O–H groups in total. The maximum atomic E-state index is 12.4. The van der Waals surface area contributed by atoms with Crippen molar-refractivity contribution in [3.8, 4) is 5.75 Å². The molecule has 4 rings (SSSR count). The Morgan fingerprint density at radius 1 is 1.00 bits per heavy atom. The van der Waals surface area contributed by atoms with Gasteiger partial charge in [-0.25, -0.2) is 0 Å². The number of amides is 2. The predicted molar refractivity (Wildman–Crippen MR) is 119 cm³/mol. The lowest BCUT2D eigenvalue weighted by molar-refractivity contribution is -0.135. The standard InChI is InChI=1S/C24H21N3O5/c1-14(28)25-19-9-6-8-18(13-19)24-27(15(2)29)26-23(32-24)22-20-10-5-4-7-17(20)11-12-21(22)31-16(3)30/h4-13,24H,1-3H3,(H,25,28)/t24-/m1/s1. The second-order valence-corrected chi connectivity index (χ2v) is 7.30. The third-order valence-corrected chi connectivity index (χ3v) is 4.82. The third-order valence-electron chi connectivity index (χ3n) is 4.82. The van der Waals surface area contributed by atoms with Crippen molar-refractivity contribution in [2.45, 2.75) is 27.0 Å². The second-order valence-electron chi connectivity index (χ2n) is 7.30. The van der Waals surface area contributed by atoms with E-state index in [0.29, 0.717) is 16.8 Å². The topological polar surface area (TPSA) is 97.3 Å². The van der Waals surface area contributed by atoms with Gasteiger partial charge in [-0.3, -0.25) is 14.4 Å². The van der Waals surface area contributed by atoms with Crippen molar-refractivity contribution in [3.63, 3.8) is 0 Å². The molecule has 8 heteroatoms. The molecule has 0 fully saturated rings. The van der Waals surface area contributed by atoms with Crippen LogP contribution in [0.15, 0.2) is 65.8 Å². The summed E-state index contributed by atoms with van der Waals surface area (Å²) in [5.41, 5.74) is 1.67. The molecule has 0 spiro atoms. The van der Waals surface area contributed by atoms with Crippen LogP contribution in [0.25, 0.3) is 10.8 Å². The van der Waals surface area contributed by atoms with Crippen molar-refractivity contribution in [2.24, 2.45) is 5.10 Å². The van der Waals surface area contributed by atoms with E-state index in [4.69, 9.17) is 9.47 Å². The highest BCUT2D eigenvalue weighted by Crippen LogP contribution is 2.36. The van der Waals surface area contributed by atoms with E-state index in [1.807, 2.05) is 30.3 Å². The number of benzene rings is 3. The van der Waals surface area contributed by atoms with Gasteiger partial charge in [0.1, 0.15) is 5.75 Å². The van der Waals surface area contributed by atoms with E-state index in [1.165, 1.54) is 25.8 Å². The van der Waals surface area contributed by atoms with E-state index in [2.05, 4.69) is 10.4 Å². The summed E-state index contributed by atoms with van der Waals surface area (Å²) in [5.74, 6) is -0.585. The van der Waals surface area contributed by atoms with Crippen LogP contribution in [-0.4, -0.2) is 28.7 Å². The number of carbonyl (C=O) groups excluding carboxylic acids is 3. The normalized spacial score (nSPS) is 15.2. The van der Waals surface area contributed by atoms with Gasteiger partial charge >= 0.3 is 5.97 Å². The smallest absolute Gasteiger partial charge is 0.308 e. The summed E-state index contributed by atoms with van der Waals surface area (Å²) in [6.45, 7) is 4.12. The number of ether oxygens (including phenoxy) is 2. The highest BCUT2D eigenvalue weighted by molar-refractivity contribution is 6.10. The van der Waals surface area contributed by atoms with Gasteiger partial charge in [-0.15, -0.1) is 5.10 Å². The van der Waals surface area contributed by atoms with Crippen LogP contribution in [0.1, 0.15) is 38.1 Å². The Bertz CT molecular complexity index is 1270. The number of hydrogen-bond acceptors (Lipinski definition) is 6. The molecule has 162 valence electrons. The molecule has 3 aromatic rings. The van der Waals surface area contributed by atoms with Gasteiger partial charge in [0, 0.05) is 32.0 Å². The zero-order chi connectivity index (χ0) is 22.8. The molecule has 1 atom stereocenters. The summed E-state index contributed by atoms with van der Waals surface area (Å²) >= 11 is 0. The summed E-state index contributed by atoms with van der Waals surface area (Å²) in [5, 5.41) is 10.0. The average Bonchev–Trinajstić information content (AvgIpc) is 3.18. The van der Waals surface area contributed by atoms with Gasteiger partial charge in [-0.2, -0.15) is 5.01 Å². The maximum Gasteiger partial charge on any atom is 0.308 e. The quantitative estimate of drug-likeness (QED) is 0.498. The van der Waals surface area contributed by atoms with Crippen molar-refractivity contribution in [3.05, 3.63) is 71.8 Å². The summed E-state index contributed by atoms with van der Waals surface area (Å²) in [6, 6.07) is 18.0. The molecule has 2 amide bonds. The minimum atomic E-state index is -0.847. The Balaban J connectivity index is 1.80. The minimum Gasteiger partial charge on any atom is -0.446 e. The molecule has 1 aliphatic rings. The van der Waals surface area contributed by atoms with Gasteiger partial charge < -0.3 is 14.8 Å². The molecule has 0 aromatic heterocycles. The molecule has 0 saturated heterocycles. The zero-order valence-electron chi connectivity index (χ0n) is 17.8. The maximum absolute atomic E-state index is 12.4. The number of carbonyl (C=O) groups is 3. The Kier molecular flexibility index (Phi) is 5.59. The average molecular weight is 431 g/mol. The number of nitrogens with one attached hydrogen (secondary N) is 1. The molecule has 0 bridgehead atoms. The van der Waals surface area contributed by atoms with Crippen molar-refractivity contribution in [1.29, 1.82) is 0 Å². The first-order valence-electron chi connectivity index (χ1n) is 9.96. The molecule has 8 nitrogen and oxygen atoms in total. The molecule has 0 aliphatic carbocycles. The summed E-state index contributed by atoms with van der Waals surface area (Å²) in [7, 11) is 0. The van der Waals surface area contributed by atoms with Crippen LogP contribution in [0, 0.1) is 0 Å². The van der Waals surface area contributed by atoms with Crippen molar-refractivity contribution < 1.29 is 23.9 Å². The highest BCUT2D eigenvalue weighted by Gasteiger charge is 2.35. The fourth-order valence-electron chi connectivity index (χ4n) is 3.57. The van der Waals surface area contributed by atoms with E-state index in [0.717, 1.165) is 10.8 Å². The number of esters is 1. The number of hydrazone groups is 1. The molecule has 1 aliphatic heterocycles. The van der Waals surface area contributed by atoms with E-state index < -0.39 is 12.2 Å². The van der Waals surface area contributed by atoms with Gasteiger partial charge in [0.15, 0.2) is 0 Å². The number of fused-ring (bicyclic) bond motifs is 1. The van der Waals surface area contributed by atoms with Crippen LogP contribution in [-0.2, 0) is 19.1 Å². The van der Waals surface area contributed by atoms with E-state index >= 15 is 0 Å². The van der Waals surface area contributed by atoms with Crippen molar-refractivity contribution in [1.82, 2.24) is 5.01 Å². The van der Waals surface area contributed by atoms with Crippen LogP contribution in [0.3, 0.4) is 0 Å². The first-order valence-corrected chi connectivity index (χ1v) is 9.96. The molecular formula is C24H21N3O5. The molecule has 0 radical (unpaired) electrons. The Morgan fingerprint density at radius 3 is 2.50 bits per heavy atom. The second kappa shape index (κ2) is 8.50. The summed E-state index contributed by atoms with van der Waals surface area (Å²) in [6.07, 6.45) is -0.847. The van der Waals surface area contributed by atoms with E-state index in [1.54, 1.807) is 30.3 Å². The lowest BCUT2D eigenvalue weighted by atomic mass is 10.0. The first kappa shape index (κ1) is 21.0. The van der Waals surface area contributed by atoms with Crippen LogP contribution in [0.4, 0.5) is 5.69 Å². The Morgan fingerprint density at radius 2 is 1.78 bits per heavy atom. The molecule has 1 heterocycles. The molecular weight excluding hydrogens is 410 g/mol. The SMILES string of the molecule is CC(=O)Nc1cccc([C@H]2OC(c3c(OC(C)=O)ccc4ccccc34)=NN2C(C)=O)c1. The first-order chi connectivity index (χ1) is 15.3. The highest BCUT2D eigenvalue weighted by atomic mass is 16.5. The van der Waals surface area contributed by atoms with Crippen LogP contribution in [0.5, 0.6) is 5.75 Å². The minimum absolute atomic E-state index is 0.156. The molecule has 3 aromatic carbocycles. The van der Waals surface area contributed by atoms with Gasteiger partial charge in [0.2, 0.25) is 23.9 Å². The monoisotopic (exact) mass is 431 g/mol.